The van der Waals surface area contributed by atoms with Gasteiger partial charge in [-0.05, 0) is 44.9 Å². The summed E-state index contributed by atoms with van der Waals surface area (Å²) in [6.07, 6.45) is -2.81. The molecular formula is C17H23Cl2F3N4O. The topological polar surface area (TPSA) is 64.2 Å². The highest BCUT2D eigenvalue weighted by molar-refractivity contribution is 5.97. The molecule has 152 valence electrons. The molecule has 2 aromatic rings. The van der Waals surface area contributed by atoms with Gasteiger partial charge in [0.1, 0.15) is 0 Å². The zero-order valence-electron chi connectivity index (χ0n) is 15.0. The number of nitrogens with zero attached hydrogens (tertiary/aromatic N) is 3. The van der Waals surface area contributed by atoms with E-state index < -0.39 is 18.0 Å². The fraction of sp³-hybridized carbons (Fsp3) is 0.529. The average molecular weight is 427 g/mol. The number of rotatable bonds is 3. The molecule has 3 rings (SSSR count). The van der Waals surface area contributed by atoms with Crippen LogP contribution < -0.4 is 5.73 Å². The Morgan fingerprint density at radius 2 is 2.00 bits per heavy atom. The summed E-state index contributed by atoms with van der Waals surface area (Å²) in [6.45, 7) is 4.35. The summed E-state index contributed by atoms with van der Waals surface area (Å²) in [5, 5.41) is 0. The maximum Gasteiger partial charge on any atom is 0.449 e. The minimum atomic E-state index is -4.55. The van der Waals surface area contributed by atoms with E-state index in [1.54, 1.807) is 30.9 Å². The van der Waals surface area contributed by atoms with Gasteiger partial charge in [0.2, 0.25) is 5.82 Å². The first-order valence-electron chi connectivity index (χ1n) is 8.34. The van der Waals surface area contributed by atoms with Crippen LogP contribution in [0.25, 0.3) is 11.0 Å². The maximum absolute atomic E-state index is 13.3. The second-order valence-corrected chi connectivity index (χ2v) is 6.63. The molecule has 2 N–H and O–H groups in total. The Balaban J connectivity index is 0.00000182. The van der Waals surface area contributed by atoms with Crippen molar-refractivity contribution >= 4 is 41.8 Å². The molecule has 1 fully saturated rings. The molecule has 2 heterocycles. The van der Waals surface area contributed by atoms with Crippen molar-refractivity contribution in [3.63, 3.8) is 0 Å². The SMILES string of the molecule is CC(C)n1c(C(F)(F)F)nc2cc(C(=O)N3CCCC3CN)ccc21.Cl.Cl. The third-order valence-corrected chi connectivity index (χ3v) is 4.62. The van der Waals surface area contributed by atoms with E-state index in [4.69, 9.17) is 5.73 Å². The lowest BCUT2D eigenvalue weighted by molar-refractivity contribution is -0.147. The number of benzene rings is 1. The number of alkyl halides is 3. The third-order valence-electron chi connectivity index (χ3n) is 4.62. The van der Waals surface area contributed by atoms with E-state index in [1.165, 1.54) is 6.07 Å². The Labute approximate surface area is 167 Å². The van der Waals surface area contributed by atoms with Crippen molar-refractivity contribution in [1.82, 2.24) is 14.5 Å². The molecule has 0 aliphatic carbocycles. The van der Waals surface area contributed by atoms with E-state index in [-0.39, 0.29) is 42.3 Å². The molecule has 1 amide bonds. The number of carbonyl (C=O) groups excluding carboxylic acids is 1. The minimum absolute atomic E-state index is 0. The van der Waals surface area contributed by atoms with E-state index in [0.29, 0.717) is 24.2 Å². The van der Waals surface area contributed by atoms with E-state index >= 15 is 0 Å². The molecule has 1 aliphatic rings. The van der Waals surface area contributed by atoms with Gasteiger partial charge in [-0.3, -0.25) is 4.79 Å². The van der Waals surface area contributed by atoms with E-state index in [2.05, 4.69) is 4.98 Å². The predicted molar refractivity (Wildman–Crippen MR) is 103 cm³/mol. The highest BCUT2D eigenvalue weighted by Crippen LogP contribution is 2.34. The minimum Gasteiger partial charge on any atom is -0.334 e. The first-order chi connectivity index (χ1) is 11.7. The lowest BCUT2D eigenvalue weighted by Crippen LogP contribution is -2.39. The van der Waals surface area contributed by atoms with Gasteiger partial charge >= 0.3 is 6.18 Å². The smallest absolute Gasteiger partial charge is 0.334 e. The van der Waals surface area contributed by atoms with Gasteiger partial charge in [-0.1, -0.05) is 0 Å². The van der Waals surface area contributed by atoms with Crippen molar-refractivity contribution in [1.29, 1.82) is 0 Å². The zero-order chi connectivity index (χ0) is 18.4. The van der Waals surface area contributed by atoms with Crippen LogP contribution in [0.15, 0.2) is 18.2 Å². The molecule has 5 nitrogen and oxygen atoms in total. The lowest BCUT2D eigenvalue weighted by atomic mass is 10.1. The largest absolute Gasteiger partial charge is 0.449 e. The second kappa shape index (κ2) is 8.67. The fourth-order valence-electron chi connectivity index (χ4n) is 3.47. The van der Waals surface area contributed by atoms with Crippen molar-refractivity contribution in [2.45, 2.75) is 44.9 Å². The van der Waals surface area contributed by atoms with Gasteiger partial charge in [0.05, 0.1) is 11.0 Å². The van der Waals surface area contributed by atoms with Crippen LogP contribution >= 0.6 is 24.8 Å². The van der Waals surface area contributed by atoms with Gasteiger partial charge in [-0.2, -0.15) is 13.2 Å². The van der Waals surface area contributed by atoms with Crippen LogP contribution in [0.1, 0.15) is 48.9 Å². The molecular weight excluding hydrogens is 404 g/mol. The number of amides is 1. The molecule has 10 heteroatoms. The molecule has 0 saturated carbocycles. The van der Waals surface area contributed by atoms with E-state index in [1.807, 2.05) is 0 Å². The number of hydrogen-bond acceptors (Lipinski definition) is 3. The van der Waals surface area contributed by atoms with Crippen molar-refractivity contribution < 1.29 is 18.0 Å². The Morgan fingerprint density at radius 1 is 1.33 bits per heavy atom. The van der Waals surface area contributed by atoms with Gasteiger partial charge in [0.25, 0.3) is 5.91 Å². The summed E-state index contributed by atoms with van der Waals surface area (Å²) in [4.78, 5) is 18.2. The van der Waals surface area contributed by atoms with Gasteiger partial charge in [0.15, 0.2) is 0 Å². The second-order valence-electron chi connectivity index (χ2n) is 6.63. The van der Waals surface area contributed by atoms with Crippen LogP contribution in [0.5, 0.6) is 0 Å². The van der Waals surface area contributed by atoms with Crippen molar-refractivity contribution in [2.24, 2.45) is 5.73 Å². The summed E-state index contributed by atoms with van der Waals surface area (Å²) >= 11 is 0. The fourth-order valence-corrected chi connectivity index (χ4v) is 3.47. The molecule has 27 heavy (non-hydrogen) atoms. The van der Waals surface area contributed by atoms with Crippen LogP contribution in [-0.4, -0.2) is 39.5 Å². The Hall–Kier alpha value is -1.51. The molecule has 1 aromatic carbocycles. The quantitative estimate of drug-likeness (QED) is 0.804. The predicted octanol–water partition coefficient (Wildman–Crippen LogP) is 4.04. The van der Waals surface area contributed by atoms with Gasteiger partial charge < -0.3 is 15.2 Å². The number of halogens is 5. The van der Waals surface area contributed by atoms with Gasteiger partial charge in [0, 0.05) is 30.7 Å². The number of imidazole rings is 1. The molecule has 0 spiro atoms. The van der Waals surface area contributed by atoms with Crippen molar-refractivity contribution in [2.75, 3.05) is 13.1 Å². The third kappa shape index (κ3) is 4.33. The number of fused-ring (bicyclic) bond motifs is 1. The number of nitrogens with two attached hydrogens (primary N) is 1. The molecule has 0 bridgehead atoms. The summed E-state index contributed by atoms with van der Waals surface area (Å²) < 4.78 is 41.0. The van der Waals surface area contributed by atoms with E-state index in [0.717, 1.165) is 17.4 Å². The van der Waals surface area contributed by atoms with Crippen molar-refractivity contribution in [3.8, 4) is 0 Å². The van der Waals surface area contributed by atoms with Crippen LogP contribution in [0.3, 0.4) is 0 Å². The lowest BCUT2D eigenvalue weighted by Gasteiger charge is -2.23. The number of likely N-dealkylation sites (tertiary alicyclic amines) is 1. The van der Waals surface area contributed by atoms with Crippen LogP contribution in [-0.2, 0) is 6.18 Å². The Bertz CT molecular complexity index is 807. The van der Waals surface area contributed by atoms with Crippen molar-refractivity contribution in [3.05, 3.63) is 29.6 Å². The average Bonchev–Trinajstić information content (AvgIpc) is 3.16. The number of hydrogen-bond donors (Lipinski definition) is 1. The molecule has 1 aliphatic heterocycles. The molecule has 1 atom stereocenters. The number of carbonyl (C=O) groups is 1. The molecule has 1 saturated heterocycles. The summed E-state index contributed by atoms with van der Waals surface area (Å²) in [7, 11) is 0. The Kier molecular flexibility index (Phi) is 7.55. The molecule has 1 unspecified atom stereocenters. The highest BCUT2D eigenvalue weighted by atomic mass is 35.5. The summed E-state index contributed by atoms with van der Waals surface area (Å²) in [6, 6.07) is 4.14. The standard InChI is InChI=1S/C17H21F3N4O.2ClH/c1-10(2)24-14-6-5-11(8-13(14)22-16(24)17(18,19)20)15(25)23-7-3-4-12(23)9-21;;/h5-6,8,10,12H,3-4,7,9,21H2,1-2H3;2*1H. The zero-order valence-corrected chi connectivity index (χ0v) is 16.6. The highest BCUT2D eigenvalue weighted by Gasteiger charge is 2.38. The van der Waals surface area contributed by atoms with Crippen LogP contribution in [0.4, 0.5) is 13.2 Å². The van der Waals surface area contributed by atoms with E-state index in [9.17, 15) is 18.0 Å². The first kappa shape index (κ1) is 23.5. The first-order valence-corrected chi connectivity index (χ1v) is 8.34. The number of aromatic nitrogens is 2. The maximum atomic E-state index is 13.3. The molecule has 1 aromatic heterocycles. The van der Waals surface area contributed by atoms with Gasteiger partial charge in [-0.25, -0.2) is 4.98 Å². The van der Waals surface area contributed by atoms with Crippen LogP contribution in [0.2, 0.25) is 0 Å². The van der Waals surface area contributed by atoms with Crippen LogP contribution in [0, 0.1) is 0 Å². The Morgan fingerprint density at radius 3 is 2.56 bits per heavy atom. The monoisotopic (exact) mass is 426 g/mol. The molecule has 0 radical (unpaired) electrons. The normalized spacial score (nSPS) is 17.1. The summed E-state index contributed by atoms with van der Waals surface area (Å²) in [5.41, 5.74) is 6.59. The van der Waals surface area contributed by atoms with Gasteiger partial charge in [-0.15, -0.1) is 24.8 Å². The summed E-state index contributed by atoms with van der Waals surface area (Å²) in [5.74, 6) is -1.15.